The fourth-order valence-corrected chi connectivity index (χ4v) is 2.89. The molecule has 0 aliphatic rings. The van der Waals surface area contributed by atoms with Gasteiger partial charge in [0.05, 0.1) is 0 Å². The highest BCUT2D eigenvalue weighted by Crippen LogP contribution is 2.15. The van der Waals surface area contributed by atoms with Gasteiger partial charge in [-0.05, 0) is 26.4 Å². The number of aromatic nitrogens is 2. The van der Waals surface area contributed by atoms with Crippen LogP contribution in [-0.4, -0.2) is 23.8 Å². The number of rotatable bonds is 11. The molecular weight excluding hydrogens is 242 g/mol. The topological polar surface area (TPSA) is 37.8 Å². The summed E-state index contributed by atoms with van der Waals surface area (Å²) < 4.78 is 0. The zero-order chi connectivity index (χ0) is 13.1. The zero-order valence-corrected chi connectivity index (χ0v) is 12.7. The third-order valence-corrected chi connectivity index (χ3v) is 4.11. The summed E-state index contributed by atoms with van der Waals surface area (Å²) in [6.07, 6.45) is 11.4. The van der Waals surface area contributed by atoms with Crippen LogP contribution in [-0.2, 0) is 12.8 Å². The van der Waals surface area contributed by atoms with Crippen LogP contribution in [0.5, 0.6) is 0 Å². The van der Waals surface area contributed by atoms with E-state index in [1.807, 2.05) is 7.05 Å². The quantitative estimate of drug-likeness (QED) is 0.624. The molecule has 4 heteroatoms. The first-order valence-electron chi connectivity index (χ1n) is 7.32. The van der Waals surface area contributed by atoms with E-state index in [0.29, 0.717) is 0 Å². The monoisotopic (exact) mass is 269 g/mol. The zero-order valence-electron chi connectivity index (χ0n) is 11.9. The molecule has 18 heavy (non-hydrogen) atoms. The Hall–Kier alpha value is -0.480. The molecule has 0 spiro atoms. The van der Waals surface area contributed by atoms with Crippen molar-refractivity contribution < 1.29 is 0 Å². The van der Waals surface area contributed by atoms with Gasteiger partial charge in [0.25, 0.3) is 0 Å². The first-order chi connectivity index (χ1) is 8.86. The molecule has 1 heterocycles. The first kappa shape index (κ1) is 15.6. The molecule has 0 unspecified atom stereocenters. The van der Waals surface area contributed by atoms with E-state index in [9.17, 15) is 0 Å². The summed E-state index contributed by atoms with van der Waals surface area (Å²) in [7, 11) is 1.99. The van der Waals surface area contributed by atoms with Crippen LogP contribution in [0.1, 0.15) is 61.9 Å². The lowest BCUT2D eigenvalue weighted by atomic mass is 10.1. The van der Waals surface area contributed by atoms with Crippen LogP contribution in [0, 0.1) is 0 Å². The summed E-state index contributed by atoms with van der Waals surface area (Å²) in [6, 6.07) is 0. The number of hydrogen-bond acceptors (Lipinski definition) is 4. The van der Waals surface area contributed by atoms with Gasteiger partial charge >= 0.3 is 0 Å². The Morgan fingerprint density at radius 3 is 2.17 bits per heavy atom. The van der Waals surface area contributed by atoms with E-state index in [1.54, 1.807) is 11.3 Å². The molecule has 1 aromatic rings. The largest absolute Gasteiger partial charge is 0.320 e. The maximum absolute atomic E-state index is 4.28. The molecule has 1 aromatic heterocycles. The van der Waals surface area contributed by atoms with Crippen molar-refractivity contribution in [1.82, 2.24) is 15.5 Å². The van der Waals surface area contributed by atoms with Gasteiger partial charge in [-0.3, -0.25) is 0 Å². The maximum atomic E-state index is 4.28. The Balaban J connectivity index is 2.07. The van der Waals surface area contributed by atoms with Crippen LogP contribution in [0.3, 0.4) is 0 Å². The highest BCUT2D eigenvalue weighted by Gasteiger charge is 2.03. The molecule has 0 saturated heterocycles. The SMILES string of the molecule is CCCCCCCCc1nnc(CCCNC)s1. The molecule has 0 atom stereocenters. The van der Waals surface area contributed by atoms with E-state index >= 15 is 0 Å². The average molecular weight is 269 g/mol. The molecule has 3 nitrogen and oxygen atoms in total. The second-order valence-electron chi connectivity index (χ2n) is 4.81. The van der Waals surface area contributed by atoms with E-state index in [-0.39, 0.29) is 0 Å². The van der Waals surface area contributed by atoms with Gasteiger partial charge in [-0.15, -0.1) is 21.5 Å². The summed E-state index contributed by atoms with van der Waals surface area (Å²) in [6.45, 7) is 3.32. The molecule has 104 valence electrons. The molecule has 0 aliphatic heterocycles. The van der Waals surface area contributed by atoms with Crippen LogP contribution in [0.4, 0.5) is 0 Å². The number of aryl methyl sites for hydroxylation is 2. The second-order valence-corrected chi connectivity index (χ2v) is 5.96. The van der Waals surface area contributed by atoms with Crippen molar-refractivity contribution in [2.24, 2.45) is 0 Å². The molecule has 0 radical (unpaired) electrons. The lowest BCUT2D eigenvalue weighted by Gasteiger charge is -1.98. The van der Waals surface area contributed by atoms with Gasteiger partial charge in [0, 0.05) is 12.8 Å². The molecule has 1 rings (SSSR count). The minimum Gasteiger partial charge on any atom is -0.320 e. The first-order valence-corrected chi connectivity index (χ1v) is 8.14. The smallest absolute Gasteiger partial charge is 0.117 e. The maximum Gasteiger partial charge on any atom is 0.117 e. The van der Waals surface area contributed by atoms with E-state index in [2.05, 4.69) is 22.4 Å². The predicted molar refractivity (Wildman–Crippen MR) is 79.2 cm³/mol. The molecule has 0 amide bonds. The average Bonchev–Trinajstić information content (AvgIpc) is 2.82. The molecule has 0 aliphatic carbocycles. The summed E-state index contributed by atoms with van der Waals surface area (Å²) in [5.74, 6) is 0. The fraction of sp³-hybridized carbons (Fsp3) is 0.857. The molecule has 1 N–H and O–H groups in total. The number of hydrogen-bond donors (Lipinski definition) is 1. The molecule has 0 aromatic carbocycles. The van der Waals surface area contributed by atoms with Crippen LogP contribution in [0.25, 0.3) is 0 Å². The van der Waals surface area contributed by atoms with Gasteiger partial charge in [0.1, 0.15) is 10.0 Å². The van der Waals surface area contributed by atoms with E-state index in [4.69, 9.17) is 0 Å². The normalized spacial score (nSPS) is 11.0. The third kappa shape index (κ3) is 7.07. The highest BCUT2D eigenvalue weighted by atomic mass is 32.1. The van der Waals surface area contributed by atoms with Crippen molar-refractivity contribution >= 4 is 11.3 Å². The Kier molecular flexibility index (Phi) is 9.04. The Morgan fingerprint density at radius 2 is 1.50 bits per heavy atom. The van der Waals surface area contributed by atoms with Gasteiger partial charge in [-0.2, -0.15) is 0 Å². The van der Waals surface area contributed by atoms with Gasteiger partial charge in [-0.1, -0.05) is 39.0 Å². The van der Waals surface area contributed by atoms with Crippen molar-refractivity contribution in [3.8, 4) is 0 Å². The third-order valence-electron chi connectivity index (χ3n) is 3.07. The number of unbranched alkanes of at least 4 members (excludes halogenated alkanes) is 5. The van der Waals surface area contributed by atoms with Crippen molar-refractivity contribution in [1.29, 1.82) is 0 Å². The van der Waals surface area contributed by atoms with Crippen LogP contribution >= 0.6 is 11.3 Å². The second kappa shape index (κ2) is 10.4. The van der Waals surface area contributed by atoms with Crippen molar-refractivity contribution in [3.63, 3.8) is 0 Å². The van der Waals surface area contributed by atoms with Crippen molar-refractivity contribution in [3.05, 3.63) is 10.0 Å². The van der Waals surface area contributed by atoms with Crippen LogP contribution < -0.4 is 5.32 Å². The fourth-order valence-electron chi connectivity index (χ4n) is 1.96. The summed E-state index contributed by atoms with van der Waals surface area (Å²) in [4.78, 5) is 0. The van der Waals surface area contributed by atoms with E-state index < -0.39 is 0 Å². The lowest BCUT2D eigenvalue weighted by Crippen LogP contribution is -2.08. The van der Waals surface area contributed by atoms with Gasteiger partial charge in [0.2, 0.25) is 0 Å². The summed E-state index contributed by atoms with van der Waals surface area (Å²) >= 11 is 1.80. The predicted octanol–water partition coefficient (Wildman–Crippen LogP) is 3.59. The van der Waals surface area contributed by atoms with Crippen molar-refractivity contribution in [2.75, 3.05) is 13.6 Å². The molecular formula is C14H27N3S. The standard InChI is InChI=1S/C14H27N3S/c1-3-4-5-6-7-8-10-13-16-17-14(18-13)11-9-12-15-2/h15H,3-12H2,1-2H3. The molecule has 0 fully saturated rings. The van der Waals surface area contributed by atoms with Gasteiger partial charge < -0.3 is 5.32 Å². The van der Waals surface area contributed by atoms with Crippen LogP contribution in [0.2, 0.25) is 0 Å². The Labute approximate surface area is 115 Å². The Bertz CT molecular complexity index is 299. The number of nitrogens with one attached hydrogen (secondary N) is 1. The highest BCUT2D eigenvalue weighted by molar-refractivity contribution is 7.11. The lowest BCUT2D eigenvalue weighted by molar-refractivity contribution is 0.606. The Morgan fingerprint density at radius 1 is 0.889 bits per heavy atom. The van der Waals surface area contributed by atoms with E-state index in [1.165, 1.54) is 48.5 Å². The van der Waals surface area contributed by atoms with Crippen LogP contribution in [0.15, 0.2) is 0 Å². The summed E-state index contributed by atoms with van der Waals surface area (Å²) in [5, 5.41) is 14.1. The number of nitrogens with zero attached hydrogens (tertiary/aromatic N) is 2. The van der Waals surface area contributed by atoms with Gasteiger partial charge in [0.15, 0.2) is 0 Å². The minimum atomic E-state index is 1.06. The van der Waals surface area contributed by atoms with Gasteiger partial charge in [-0.25, -0.2) is 0 Å². The molecule has 0 saturated carbocycles. The van der Waals surface area contributed by atoms with E-state index in [0.717, 1.165) is 25.8 Å². The molecule has 0 bridgehead atoms. The minimum absolute atomic E-state index is 1.06. The van der Waals surface area contributed by atoms with Crippen molar-refractivity contribution in [2.45, 2.75) is 64.7 Å². The summed E-state index contributed by atoms with van der Waals surface area (Å²) in [5.41, 5.74) is 0.